The first-order chi connectivity index (χ1) is 8.69. The van der Waals surface area contributed by atoms with Crippen LogP contribution in [0.25, 0.3) is 0 Å². The summed E-state index contributed by atoms with van der Waals surface area (Å²) in [5.41, 5.74) is 3.26. The van der Waals surface area contributed by atoms with Gasteiger partial charge >= 0.3 is 0 Å². The summed E-state index contributed by atoms with van der Waals surface area (Å²) >= 11 is 1.52. The van der Waals surface area contributed by atoms with Gasteiger partial charge in [0.15, 0.2) is 11.6 Å². The maximum Gasteiger partial charge on any atom is 0.170 e. The van der Waals surface area contributed by atoms with Gasteiger partial charge in [-0.05, 0) is 20.0 Å². The summed E-state index contributed by atoms with van der Waals surface area (Å²) < 4.78 is 19.3. The summed E-state index contributed by atoms with van der Waals surface area (Å²) in [5, 5.41) is 3.13. The Bertz CT molecular complexity index is 542. The molecule has 1 N–H and O–H groups in total. The molecule has 0 saturated heterocycles. The van der Waals surface area contributed by atoms with Crippen LogP contribution in [0.3, 0.4) is 0 Å². The van der Waals surface area contributed by atoms with E-state index in [1.54, 1.807) is 23.7 Å². The highest BCUT2D eigenvalue weighted by molar-refractivity contribution is 7.09. The third-order valence-corrected chi connectivity index (χ3v) is 3.85. The van der Waals surface area contributed by atoms with Crippen molar-refractivity contribution in [3.8, 4) is 5.75 Å². The zero-order chi connectivity index (χ0) is 13.1. The van der Waals surface area contributed by atoms with Crippen LogP contribution in [0.4, 0.5) is 4.39 Å². The molecule has 1 heterocycles. The Labute approximate surface area is 110 Å². The number of ether oxygens (including phenoxy) is 1. The number of benzene rings is 1. The maximum absolute atomic E-state index is 14.3. The Kier molecular flexibility index (Phi) is 3.93. The molecular formula is C13H15FN2OS. The molecule has 3 nitrogen and oxygen atoms in total. The van der Waals surface area contributed by atoms with Crippen molar-refractivity contribution in [3.63, 3.8) is 0 Å². The van der Waals surface area contributed by atoms with Gasteiger partial charge in [-0.15, -0.1) is 11.3 Å². The van der Waals surface area contributed by atoms with Gasteiger partial charge in [-0.1, -0.05) is 12.1 Å². The topological polar surface area (TPSA) is 34.1 Å². The average Bonchev–Trinajstić information content (AvgIpc) is 2.79. The summed E-state index contributed by atoms with van der Waals surface area (Å²) in [6, 6.07) is 4.97. The minimum atomic E-state index is -0.327. The van der Waals surface area contributed by atoms with Crippen molar-refractivity contribution in [1.29, 1.82) is 0 Å². The van der Waals surface area contributed by atoms with Crippen molar-refractivity contribution in [3.05, 3.63) is 45.7 Å². The van der Waals surface area contributed by atoms with Crippen molar-refractivity contribution in [1.82, 2.24) is 10.3 Å². The lowest BCUT2D eigenvalue weighted by atomic mass is 10.0. The molecule has 96 valence electrons. The lowest BCUT2D eigenvalue weighted by molar-refractivity contribution is 0.382. The molecule has 0 aliphatic heterocycles. The number of nitrogens with one attached hydrogen (secondary N) is 1. The normalized spacial score (nSPS) is 12.4. The zero-order valence-corrected chi connectivity index (χ0v) is 11.3. The number of hydrogen-bond donors (Lipinski definition) is 1. The molecule has 0 bridgehead atoms. The van der Waals surface area contributed by atoms with Gasteiger partial charge in [0.1, 0.15) is 0 Å². The fourth-order valence-corrected chi connectivity index (χ4v) is 2.85. The number of halogens is 1. The molecule has 0 fully saturated rings. The summed E-state index contributed by atoms with van der Waals surface area (Å²) in [6.07, 6.45) is 0. The van der Waals surface area contributed by atoms with E-state index in [2.05, 4.69) is 10.3 Å². The Hall–Kier alpha value is -1.46. The van der Waals surface area contributed by atoms with E-state index in [1.807, 2.05) is 14.0 Å². The smallest absolute Gasteiger partial charge is 0.170 e. The molecule has 0 aliphatic rings. The molecule has 1 unspecified atom stereocenters. The number of aryl methyl sites for hydroxylation is 1. The number of rotatable bonds is 4. The van der Waals surface area contributed by atoms with Crippen LogP contribution < -0.4 is 10.1 Å². The van der Waals surface area contributed by atoms with E-state index in [4.69, 9.17) is 4.74 Å². The number of nitrogens with zero attached hydrogens (tertiary/aromatic N) is 1. The van der Waals surface area contributed by atoms with Crippen molar-refractivity contribution in [2.45, 2.75) is 13.0 Å². The minimum Gasteiger partial charge on any atom is -0.494 e. The number of hydrogen-bond acceptors (Lipinski definition) is 4. The van der Waals surface area contributed by atoms with Crippen LogP contribution in [-0.2, 0) is 0 Å². The molecule has 1 aromatic carbocycles. The average molecular weight is 266 g/mol. The lowest BCUT2D eigenvalue weighted by Crippen LogP contribution is -2.19. The molecule has 2 aromatic rings. The first-order valence-corrected chi connectivity index (χ1v) is 6.46. The van der Waals surface area contributed by atoms with Crippen LogP contribution in [0.15, 0.2) is 23.7 Å². The van der Waals surface area contributed by atoms with Gasteiger partial charge in [0, 0.05) is 10.4 Å². The van der Waals surface area contributed by atoms with Crippen molar-refractivity contribution in [2.75, 3.05) is 14.2 Å². The van der Waals surface area contributed by atoms with E-state index in [0.717, 1.165) is 10.6 Å². The van der Waals surface area contributed by atoms with Crippen molar-refractivity contribution < 1.29 is 9.13 Å². The molecular weight excluding hydrogens is 251 g/mol. The van der Waals surface area contributed by atoms with E-state index >= 15 is 0 Å². The maximum atomic E-state index is 14.3. The fourth-order valence-electron chi connectivity index (χ4n) is 1.92. The molecule has 0 aliphatic carbocycles. The van der Waals surface area contributed by atoms with Crippen molar-refractivity contribution >= 4 is 11.3 Å². The van der Waals surface area contributed by atoms with Crippen molar-refractivity contribution in [2.24, 2.45) is 0 Å². The molecule has 1 aromatic heterocycles. The van der Waals surface area contributed by atoms with Gasteiger partial charge in [-0.3, -0.25) is 0 Å². The van der Waals surface area contributed by atoms with Gasteiger partial charge < -0.3 is 10.1 Å². The Morgan fingerprint density at radius 3 is 2.78 bits per heavy atom. The summed E-state index contributed by atoms with van der Waals surface area (Å²) in [5.74, 6) is -0.0675. The third kappa shape index (κ3) is 2.23. The van der Waals surface area contributed by atoms with Crippen LogP contribution in [0.2, 0.25) is 0 Å². The molecule has 2 rings (SSSR count). The van der Waals surface area contributed by atoms with Gasteiger partial charge in [0.2, 0.25) is 0 Å². The highest BCUT2D eigenvalue weighted by Crippen LogP contribution is 2.32. The highest BCUT2D eigenvalue weighted by atomic mass is 32.1. The molecule has 1 atom stereocenters. The predicted molar refractivity (Wildman–Crippen MR) is 70.7 cm³/mol. The number of methoxy groups -OCH3 is 1. The van der Waals surface area contributed by atoms with Gasteiger partial charge in [0.25, 0.3) is 0 Å². The molecule has 0 amide bonds. The monoisotopic (exact) mass is 266 g/mol. The molecule has 18 heavy (non-hydrogen) atoms. The summed E-state index contributed by atoms with van der Waals surface area (Å²) in [6.45, 7) is 1.92. The minimum absolute atomic E-state index is 0.201. The zero-order valence-electron chi connectivity index (χ0n) is 10.5. The summed E-state index contributed by atoms with van der Waals surface area (Å²) in [7, 11) is 3.28. The SMILES string of the molecule is CNC(c1cccc(OC)c1F)c1scnc1C. The standard InChI is InChI=1S/C13H15FN2OS/c1-8-13(18-7-16-8)12(15-2)9-5-4-6-10(17-3)11(9)14/h4-7,12,15H,1-3H3. The van der Waals surface area contributed by atoms with E-state index in [9.17, 15) is 4.39 Å². The van der Waals surface area contributed by atoms with E-state index in [1.165, 1.54) is 18.4 Å². The second kappa shape index (κ2) is 5.46. The number of aromatic nitrogens is 1. The summed E-state index contributed by atoms with van der Waals surface area (Å²) in [4.78, 5) is 5.23. The van der Waals surface area contributed by atoms with E-state index in [0.29, 0.717) is 5.56 Å². The largest absolute Gasteiger partial charge is 0.494 e. The predicted octanol–water partition coefficient (Wildman–Crippen LogP) is 2.91. The van der Waals surface area contributed by atoms with E-state index < -0.39 is 0 Å². The number of thiazole rings is 1. The van der Waals surface area contributed by atoms with Crippen LogP contribution in [0.1, 0.15) is 22.2 Å². The van der Waals surface area contributed by atoms with Crippen LogP contribution in [-0.4, -0.2) is 19.1 Å². The van der Waals surface area contributed by atoms with Gasteiger partial charge in [-0.2, -0.15) is 0 Å². The lowest BCUT2D eigenvalue weighted by Gasteiger charge is -2.17. The fraction of sp³-hybridized carbons (Fsp3) is 0.308. The Morgan fingerprint density at radius 1 is 1.44 bits per heavy atom. The molecule has 0 saturated carbocycles. The van der Waals surface area contributed by atoms with Gasteiger partial charge in [-0.25, -0.2) is 9.37 Å². The van der Waals surface area contributed by atoms with E-state index in [-0.39, 0.29) is 17.6 Å². The quantitative estimate of drug-likeness (QED) is 0.924. The molecule has 5 heteroatoms. The van der Waals surface area contributed by atoms with Gasteiger partial charge in [0.05, 0.1) is 24.4 Å². The third-order valence-electron chi connectivity index (χ3n) is 2.86. The second-order valence-corrected chi connectivity index (χ2v) is 4.77. The molecule has 0 spiro atoms. The van der Waals surface area contributed by atoms with Crippen LogP contribution in [0.5, 0.6) is 5.75 Å². The first kappa shape index (κ1) is 13.0. The highest BCUT2D eigenvalue weighted by Gasteiger charge is 2.21. The van der Waals surface area contributed by atoms with Crippen LogP contribution >= 0.6 is 11.3 Å². The molecule has 0 radical (unpaired) electrons. The van der Waals surface area contributed by atoms with Crippen LogP contribution in [0, 0.1) is 12.7 Å². The Balaban J connectivity index is 2.49. The first-order valence-electron chi connectivity index (χ1n) is 5.58. The second-order valence-electron chi connectivity index (χ2n) is 3.89. The Morgan fingerprint density at radius 2 is 2.22 bits per heavy atom.